The minimum absolute atomic E-state index is 0.251. The van der Waals surface area contributed by atoms with E-state index < -0.39 is 9.84 Å². The largest absolute Gasteiger partial charge is 0.315 e. The molecule has 0 spiro atoms. The second-order valence-corrected chi connectivity index (χ2v) is 7.18. The van der Waals surface area contributed by atoms with Crippen LogP contribution in [0.1, 0.15) is 19.8 Å². The van der Waals surface area contributed by atoms with Crippen molar-refractivity contribution in [2.24, 2.45) is 5.92 Å². The van der Waals surface area contributed by atoms with Gasteiger partial charge in [-0.25, -0.2) is 8.42 Å². The molecule has 0 bridgehead atoms. The van der Waals surface area contributed by atoms with Crippen molar-refractivity contribution in [1.29, 1.82) is 0 Å². The zero-order valence-corrected chi connectivity index (χ0v) is 11.2. The number of sulfone groups is 1. The van der Waals surface area contributed by atoms with Crippen LogP contribution in [0.25, 0.3) is 0 Å². The van der Waals surface area contributed by atoms with Crippen LogP contribution in [0.4, 0.5) is 0 Å². The van der Waals surface area contributed by atoms with Gasteiger partial charge >= 0.3 is 0 Å². The highest BCUT2D eigenvalue weighted by molar-refractivity contribution is 7.91. The average molecular weight is 248 g/mol. The molecule has 0 radical (unpaired) electrons. The third-order valence-corrected chi connectivity index (χ3v) is 4.89. The molecule has 5 heteroatoms. The van der Waals surface area contributed by atoms with Crippen LogP contribution in [-0.4, -0.2) is 58.1 Å². The van der Waals surface area contributed by atoms with E-state index in [1.54, 1.807) is 6.92 Å². The van der Waals surface area contributed by atoms with Crippen molar-refractivity contribution in [2.75, 3.05) is 44.7 Å². The summed E-state index contributed by atoms with van der Waals surface area (Å²) >= 11 is 0. The molecule has 1 heterocycles. The Morgan fingerprint density at radius 1 is 1.44 bits per heavy atom. The van der Waals surface area contributed by atoms with Gasteiger partial charge in [0.2, 0.25) is 0 Å². The number of nitrogens with one attached hydrogen (secondary N) is 1. The lowest BCUT2D eigenvalue weighted by molar-refractivity contribution is 0.207. The van der Waals surface area contributed by atoms with Gasteiger partial charge in [0.1, 0.15) is 0 Å². The first kappa shape index (κ1) is 13.9. The zero-order chi connectivity index (χ0) is 12.0. The summed E-state index contributed by atoms with van der Waals surface area (Å²) in [6.07, 6.45) is 2.52. The molecule has 1 fully saturated rings. The van der Waals surface area contributed by atoms with Crippen molar-refractivity contribution >= 4 is 9.84 Å². The fourth-order valence-electron chi connectivity index (χ4n) is 2.12. The molecule has 0 aromatic rings. The molecule has 0 aliphatic carbocycles. The van der Waals surface area contributed by atoms with Crippen molar-refractivity contribution in [3.8, 4) is 0 Å². The van der Waals surface area contributed by atoms with Gasteiger partial charge in [-0.2, -0.15) is 0 Å². The molecule has 1 N–H and O–H groups in total. The average Bonchev–Trinajstić information content (AvgIpc) is 2.25. The summed E-state index contributed by atoms with van der Waals surface area (Å²) in [5, 5.41) is 3.26. The lowest BCUT2D eigenvalue weighted by Gasteiger charge is -2.29. The number of hydrogen-bond donors (Lipinski definition) is 1. The fraction of sp³-hybridized carbons (Fsp3) is 1.00. The van der Waals surface area contributed by atoms with Crippen molar-refractivity contribution < 1.29 is 8.42 Å². The number of piperidine rings is 1. The molecule has 0 saturated carbocycles. The summed E-state index contributed by atoms with van der Waals surface area (Å²) < 4.78 is 22.5. The van der Waals surface area contributed by atoms with Gasteiger partial charge in [0, 0.05) is 18.8 Å². The summed E-state index contributed by atoms with van der Waals surface area (Å²) in [5.41, 5.74) is 0. The first-order valence-corrected chi connectivity index (χ1v) is 7.95. The van der Waals surface area contributed by atoms with Crippen molar-refractivity contribution in [1.82, 2.24) is 10.2 Å². The van der Waals surface area contributed by atoms with Crippen LogP contribution in [0.15, 0.2) is 0 Å². The maximum Gasteiger partial charge on any atom is 0.151 e. The molecule has 1 aliphatic heterocycles. The molecule has 16 heavy (non-hydrogen) atoms. The van der Waals surface area contributed by atoms with Crippen molar-refractivity contribution in [2.45, 2.75) is 19.8 Å². The van der Waals surface area contributed by atoms with Gasteiger partial charge in [-0.15, -0.1) is 0 Å². The van der Waals surface area contributed by atoms with Gasteiger partial charge in [-0.05, 0) is 38.9 Å². The van der Waals surface area contributed by atoms with E-state index in [1.165, 1.54) is 19.4 Å². The number of hydrogen-bond acceptors (Lipinski definition) is 4. The molecule has 0 aromatic carbocycles. The molecular formula is C11H24N2O2S. The normalized spacial score (nSPS) is 23.5. The summed E-state index contributed by atoms with van der Waals surface area (Å²) in [4.78, 5) is 2.35. The summed E-state index contributed by atoms with van der Waals surface area (Å²) in [6, 6.07) is 0. The maximum absolute atomic E-state index is 11.3. The zero-order valence-electron chi connectivity index (χ0n) is 10.4. The van der Waals surface area contributed by atoms with Gasteiger partial charge in [0.05, 0.1) is 5.75 Å². The predicted molar refractivity (Wildman–Crippen MR) is 67.4 cm³/mol. The van der Waals surface area contributed by atoms with Crippen LogP contribution in [0.2, 0.25) is 0 Å². The smallest absolute Gasteiger partial charge is 0.151 e. The molecule has 4 nitrogen and oxygen atoms in total. The van der Waals surface area contributed by atoms with E-state index in [1.807, 2.05) is 0 Å². The van der Waals surface area contributed by atoms with Gasteiger partial charge in [-0.1, -0.05) is 6.92 Å². The summed E-state index contributed by atoms with van der Waals surface area (Å²) in [7, 11) is -0.660. The Bertz CT molecular complexity index is 290. The van der Waals surface area contributed by atoms with Crippen LogP contribution in [0, 0.1) is 5.92 Å². The maximum atomic E-state index is 11.3. The van der Waals surface area contributed by atoms with Crippen LogP contribution in [-0.2, 0) is 9.84 Å². The van der Waals surface area contributed by atoms with Gasteiger partial charge in [0.15, 0.2) is 9.84 Å². The molecule has 1 saturated heterocycles. The Labute approximate surface area is 99.3 Å². The highest BCUT2D eigenvalue weighted by Crippen LogP contribution is 2.13. The highest BCUT2D eigenvalue weighted by Gasteiger charge is 2.16. The summed E-state index contributed by atoms with van der Waals surface area (Å²) in [5.74, 6) is 1.20. The van der Waals surface area contributed by atoms with Crippen molar-refractivity contribution in [3.05, 3.63) is 0 Å². The van der Waals surface area contributed by atoms with E-state index in [0.717, 1.165) is 13.1 Å². The lowest BCUT2D eigenvalue weighted by atomic mass is 9.98. The highest BCUT2D eigenvalue weighted by atomic mass is 32.2. The lowest BCUT2D eigenvalue weighted by Crippen LogP contribution is -2.38. The first-order valence-electron chi connectivity index (χ1n) is 6.13. The fourth-order valence-corrected chi connectivity index (χ4v) is 2.86. The molecule has 96 valence electrons. The van der Waals surface area contributed by atoms with Crippen LogP contribution in [0.3, 0.4) is 0 Å². The Morgan fingerprint density at radius 2 is 2.19 bits per heavy atom. The molecular weight excluding hydrogens is 224 g/mol. The van der Waals surface area contributed by atoms with E-state index in [4.69, 9.17) is 0 Å². The SMILES string of the molecule is CCS(=O)(=O)CCNCC1CCCN(C)C1. The minimum atomic E-state index is -2.81. The second kappa shape index (κ2) is 6.57. The predicted octanol–water partition coefficient (Wildman–Crippen LogP) is 0.353. The molecule has 0 aromatic heterocycles. The molecule has 1 aliphatic rings. The minimum Gasteiger partial charge on any atom is -0.315 e. The Hall–Kier alpha value is -0.130. The third-order valence-electron chi connectivity index (χ3n) is 3.18. The van der Waals surface area contributed by atoms with E-state index in [0.29, 0.717) is 12.5 Å². The van der Waals surface area contributed by atoms with E-state index in [-0.39, 0.29) is 11.5 Å². The molecule has 1 unspecified atom stereocenters. The van der Waals surface area contributed by atoms with Crippen molar-refractivity contribution in [3.63, 3.8) is 0 Å². The summed E-state index contributed by atoms with van der Waals surface area (Å²) in [6.45, 7) is 5.57. The van der Waals surface area contributed by atoms with Crippen LogP contribution in [0.5, 0.6) is 0 Å². The topological polar surface area (TPSA) is 49.4 Å². The van der Waals surface area contributed by atoms with E-state index >= 15 is 0 Å². The molecule has 1 atom stereocenters. The number of nitrogens with zero attached hydrogens (tertiary/aromatic N) is 1. The standard InChI is InChI=1S/C11H24N2O2S/c1-3-16(14,15)8-6-12-9-11-5-4-7-13(2)10-11/h11-12H,3-10H2,1-2H3. The first-order chi connectivity index (χ1) is 7.53. The van der Waals surface area contributed by atoms with Crippen LogP contribution < -0.4 is 5.32 Å². The number of rotatable bonds is 6. The number of likely N-dealkylation sites (tertiary alicyclic amines) is 1. The Kier molecular flexibility index (Phi) is 5.72. The monoisotopic (exact) mass is 248 g/mol. The Morgan fingerprint density at radius 3 is 2.81 bits per heavy atom. The van der Waals surface area contributed by atoms with Crippen LogP contribution >= 0.6 is 0 Å². The molecule has 0 amide bonds. The van der Waals surface area contributed by atoms with Gasteiger partial charge < -0.3 is 10.2 Å². The van der Waals surface area contributed by atoms with E-state index in [9.17, 15) is 8.42 Å². The van der Waals surface area contributed by atoms with Gasteiger partial charge in [-0.3, -0.25) is 0 Å². The Balaban J connectivity index is 2.11. The molecule has 1 rings (SSSR count). The van der Waals surface area contributed by atoms with E-state index in [2.05, 4.69) is 17.3 Å². The third kappa shape index (κ3) is 5.27. The second-order valence-electron chi connectivity index (χ2n) is 4.71. The van der Waals surface area contributed by atoms with Gasteiger partial charge in [0.25, 0.3) is 0 Å². The quantitative estimate of drug-likeness (QED) is 0.689.